The second-order valence-corrected chi connectivity index (χ2v) is 6.08. The zero-order valence-corrected chi connectivity index (χ0v) is 13.4. The SMILES string of the molecule is Cc1cc2ncc3c(n2n1)CCC(NC(=O)/C=C/c1ccco1)C3. The van der Waals surface area contributed by atoms with Gasteiger partial charge in [-0.1, -0.05) is 0 Å². The molecule has 1 aliphatic carbocycles. The number of aromatic nitrogens is 3. The molecule has 122 valence electrons. The molecule has 0 aliphatic heterocycles. The molecule has 6 nitrogen and oxygen atoms in total. The summed E-state index contributed by atoms with van der Waals surface area (Å²) in [5.74, 6) is 0.559. The van der Waals surface area contributed by atoms with Crippen LogP contribution in [0.15, 0.2) is 41.2 Å². The van der Waals surface area contributed by atoms with Gasteiger partial charge >= 0.3 is 0 Å². The van der Waals surface area contributed by atoms with Crippen LogP contribution in [0.3, 0.4) is 0 Å². The second-order valence-electron chi connectivity index (χ2n) is 6.08. The molecule has 3 aromatic heterocycles. The van der Waals surface area contributed by atoms with E-state index in [1.54, 1.807) is 18.4 Å². The van der Waals surface area contributed by atoms with Crippen molar-refractivity contribution in [3.05, 3.63) is 59.4 Å². The van der Waals surface area contributed by atoms with Gasteiger partial charge in [-0.15, -0.1) is 0 Å². The molecule has 6 heteroatoms. The molecule has 0 bridgehead atoms. The molecular formula is C18H18N4O2. The minimum absolute atomic E-state index is 0.108. The summed E-state index contributed by atoms with van der Waals surface area (Å²) < 4.78 is 7.11. The maximum atomic E-state index is 12.1. The van der Waals surface area contributed by atoms with Crippen molar-refractivity contribution in [2.45, 2.75) is 32.2 Å². The fourth-order valence-electron chi connectivity index (χ4n) is 3.16. The Morgan fingerprint density at radius 3 is 3.25 bits per heavy atom. The number of aryl methyl sites for hydroxylation is 2. The molecule has 3 aromatic rings. The maximum absolute atomic E-state index is 12.1. The molecule has 0 saturated carbocycles. The Labute approximate surface area is 139 Å². The van der Waals surface area contributed by atoms with E-state index in [2.05, 4.69) is 15.4 Å². The predicted octanol–water partition coefficient (Wildman–Crippen LogP) is 2.32. The first kappa shape index (κ1) is 14.7. The van der Waals surface area contributed by atoms with Crippen LogP contribution >= 0.6 is 0 Å². The van der Waals surface area contributed by atoms with Crippen molar-refractivity contribution in [2.24, 2.45) is 0 Å². The van der Waals surface area contributed by atoms with Crippen LogP contribution in [-0.4, -0.2) is 26.5 Å². The van der Waals surface area contributed by atoms with Gasteiger partial charge in [0.15, 0.2) is 5.65 Å². The average molecular weight is 322 g/mol. The number of nitrogens with zero attached hydrogens (tertiary/aromatic N) is 3. The number of hydrogen-bond acceptors (Lipinski definition) is 4. The molecule has 3 heterocycles. The smallest absolute Gasteiger partial charge is 0.244 e. The fourth-order valence-corrected chi connectivity index (χ4v) is 3.16. The van der Waals surface area contributed by atoms with Crippen molar-refractivity contribution in [2.75, 3.05) is 0 Å². The van der Waals surface area contributed by atoms with Gasteiger partial charge < -0.3 is 9.73 Å². The third-order valence-corrected chi connectivity index (χ3v) is 4.28. The van der Waals surface area contributed by atoms with E-state index in [9.17, 15) is 4.79 Å². The zero-order valence-electron chi connectivity index (χ0n) is 13.4. The first-order valence-corrected chi connectivity index (χ1v) is 8.04. The van der Waals surface area contributed by atoms with Gasteiger partial charge in [-0.05, 0) is 50.0 Å². The monoisotopic (exact) mass is 322 g/mol. The van der Waals surface area contributed by atoms with Gasteiger partial charge in [0, 0.05) is 30.1 Å². The Morgan fingerprint density at radius 1 is 1.50 bits per heavy atom. The van der Waals surface area contributed by atoms with Crippen molar-refractivity contribution in [3.8, 4) is 0 Å². The van der Waals surface area contributed by atoms with E-state index >= 15 is 0 Å². The molecule has 1 atom stereocenters. The largest absolute Gasteiger partial charge is 0.465 e. The van der Waals surface area contributed by atoms with E-state index in [-0.39, 0.29) is 11.9 Å². The summed E-state index contributed by atoms with van der Waals surface area (Å²) in [6.45, 7) is 1.97. The summed E-state index contributed by atoms with van der Waals surface area (Å²) in [7, 11) is 0. The lowest BCUT2D eigenvalue weighted by atomic mass is 9.92. The average Bonchev–Trinajstić information content (AvgIpc) is 3.21. The van der Waals surface area contributed by atoms with Crippen molar-refractivity contribution >= 4 is 17.6 Å². The lowest BCUT2D eigenvalue weighted by Gasteiger charge is -2.25. The molecule has 0 saturated heterocycles. The van der Waals surface area contributed by atoms with Crippen LogP contribution in [0.25, 0.3) is 11.7 Å². The molecule has 0 aromatic carbocycles. The van der Waals surface area contributed by atoms with Gasteiger partial charge in [-0.3, -0.25) is 4.79 Å². The van der Waals surface area contributed by atoms with Gasteiger partial charge in [0.1, 0.15) is 5.76 Å². The number of nitrogens with one attached hydrogen (secondary N) is 1. The number of rotatable bonds is 3. The van der Waals surface area contributed by atoms with Gasteiger partial charge in [-0.25, -0.2) is 9.50 Å². The molecule has 1 unspecified atom stereocenters. The van der Waals surface area contributed by atoms with Gasteiger partial charge in [-0.2, -0.15) is 5.10 Å². The molecule has 1 aliphatic rings. The highest BCUT2D eigenvalue weighted by atomic mass is 16.3. The van der Waals surface area contributed by atoms with Crippen molar-refractivity contribution in [1.29, 1.82) is 0 Å². The summed E-state index contributed by atoms with van der Waals surface area (Å²) in [6, 6.07) is 5.69. The van der Waals surface area contributed by atoms with Crippen LogP contribution in [0, 0.1) is 6.92 Å². The number of carbonyl (C=O) groups excluding carboxylic acids is 1. The first-order chi connectivity index (χ1) is 11.7. The molecule has 24 heavy (non-hydrogen) atoms. The van der Waals surface area contributed by atoms with Gasteiger partial charge in [0.2, 0.25) is 5.91 Å². The second kappa shape index (κ2) is 5.96. The number of furan rings is 1. The third-order valence-electron chi connectivity index (χ3n) is 4.28. The van der Waals surface area contributed by atoms with E-state index < -0.39 is 0 Å². The third kappa shape index (κ3) is 2.82. The number of carbonyl (C=O) groups is 1. The van der Waals surface area contributed by atoms with E-state index in [0.29, 0.717) is 5.76 Å². The zero-order chi connectivity index (χ0) is 16.5. The molecule has 0 spiro atoms. The fraction of sp³-hybridized carbons (Fsp3) is 0.278. The Hall–Kier alpha value is -2.89. The van der Waals surface area contributed by atoms with Crippen LogP contribution in [0.5, 0.6) is 0 Å². The van der Waals surface area contributed by atoms with E-state index in [1.165, 1.54) is 11.8 Å². The van der Waals surface area contributed by atoms with Crippen LogP contribution in [0.4, 0.5) is 0 Å². The topological polar surface area (TPSA) is 72.4 Å². The maximum Gasteiger partial charge on any atom is 0.244 e. The Bertz CT molecular complexity index is 909. The standard InChI is InChI=1S/C18H18N4O2/c1-12-9-17-19-11-13-10-14(4-6-16(13)22(17)21-12)20-18(23)7-5-15-3-2-8-24-15/h2-3,5,7-9,11,14H,4,6,10H2,1H3,(H,20,23)/b7-5+. The molecule has 1 N–H and O–H groups in total. The van der Waals surface area contributed by atoms with E-state index in [4.69, 9.17) is 4.42 Å². The summed E-state index contributed by atoms with van der Waals surface area (Å²) in [5, 5.41) is 7.57. The van der Waals surface area contributed by atoms with Gasteiger partial charge in [0.05, 0.1) is 12.0 Å². The number of hydrogen-bond donors (Lipinski definition) is 1. The Balaban J connectivity index is 1.46. The van der Waals surface area contributed by atoms with E-state index in [1.807, 2.05) is 29.8 Å². The highest BCUT2D eigenvalue weighted by Crippen LogP contribution is 2.22. The highest BCUT2D eigenvalue weighted by Gasteiger charge is 2.22. The van der Waals surface area contributed by atoms with Crippen LogP contribution in [0.1, 0.15) is 29.1 Å². The molecule has 1 amide bonds. The summed E-state index contributed by atoms with van der Waals surface area (Å²) in [6.07, 6.45) is 9.21. The molecular weight excluding hydrogens is 304 g/mol. The van der Waals surface area contributed by atoms with Crippen molar-refractivity contribution < 1.29 is 9.21 Å². The van der Waals surface area contributed by atoms with Crippen molar-refractivity contribution in [1.82, 2.24) is 19.9 Å². The summed E-state index contributed by atoms with van der Waals surface area (Å²) in [4.78, 5) is 16.5. The van der Waals surface area contributed by atoms with Crippen LogP contribution < -0.4 is 5.32 Å². The van der Waals surface area contributed by atoms with Crippen molar-refractivity contribution in [3.63, 3.8) is 0 Å². The van der Waals surface area contributed by atoms with E-state index in [0.717, 1.165) is 36.2 Å². The minimum atomic E-state index is -0.108. The normalized spacial score (nSPS) is 17.3. The van der Waals surface area contributed by atoms with Crippen LogP contribution in [-0.2, 0) is 17.6 Å². The Morgan fingerprint density at radius 2 is 2.42 bits per heavy atom. The highest BCUT2D eigenvalue weighted by molar-refractivity contribution is 5.91. The number of amides is 1. The predicted molar refractivity (Wildman–Crippen MR) is 89.4 cm³/mol. The number of fused-ring (bicyclic) bond motifs is 3. The quantitative estimate of drug-likeness (QED) is 0.751. The molecule has 0 fully saturated rings. The lowest BCUT2D eigenvalue weighted by Crippen LogP contribution is -2.38. The summed E-state index contributed by atoms with van der Waals surface area (Å²) >= 11 is 0. The Kier molecular flexibility index (Phi) is 3.65. The van der Waals surface area contributed by atoms with Gasteiger partial charge in [0.25, 0.3) is 0 Å². The minimum Gasteiger partial charge on any atom is -0.465 e. The summed E-state index contributed by atoms with van der Waals surface area (Å²) in [5.41, 5.74) is 4.20. The lowest BCUT2D eigenvalue weighted by molar-refractivity contribution is -0.117. The first-order valence-electron chi connectivity index (χ1n) is 8.04. The molecule has 4 rings (SSSR count). The molecule has 0 radical (unpaired) electrons. The van der Waals surface area contributed by atoms with Crippen LogP contribution in [0.2, 0.25) is 0 Å².